The van der Waals surface area contributed by atoms with Crippen LogP contribution in [-0.2, 0) is 9.53 Å². The van der Waals surface area contributed by atoms with E-state index in [1.807, 2.05) is 6.92 Å². The van der Waals surface area contributed by atoms with Gasteiger partial charge in [0, 0.05) is 6.92 Å². The van der Waals surface area contributed by atoms with Crippen LogP contribution >= 0.6 is 0 Å². The van der Waals surface area contributed by atoms with Gasteiger partial charge in [-0.25, -0.2) is 8.78 Å². The van der Waals surface area contributed by atoms with Gasteiger partial charge in [-0.15, -0.1) is 0 Å². The van der Waals surface area contributed by atoms with Crippen molar-refractivity contribution >= 4 is 5.91 Å². The SMILES string of the molecule is CC(=O)N[C@@H]1C(C)OC(C(F)F)[C@@H](C)C1C. The monoisotopic (exact) mass is 235 g/mol. The van der Waals surface area contributed by atoms with Crippen LogP contribution in [0, 0.1) is 11.8 Å². The lowest BCUT2D eigenvalue weighted by molar-refractivity contribution is -0.168. The van der Waals surface area contributed by atoms with Crippen molar-refractivity contribution in [2.24, 2.45) is 11.8 Å². The minimum atomic E-state index is -2.47. The molecule has 0 radical (unpaired) electrons. The van der Waals surface area contributed by atoms with Gasteiger partial charge in [-0.1, -0.05) is 13.8 Å². The molecule has 3 unspecified atom stereocenters. The average molecular weight is 235 g/mol. The highest BCUT2D eigenvalue weighted by atomic mass is 19.3. The van der Waals surface area contributed by atoms with Crippen LogP contribution in [0.3, 0.4) is 0 Å². The molecule has 0 aromatic carbocycles. The maximum atomic E-state index is 12.7. The standard InChI is InChI=1S/C11H19F2NO2/c1-5-6(2)10(11(12)13)16-7(3)9(5)14-8(4)15/h5-7,9-11H,1-4H3,(H,14,15)/t5?,6-,7?,9-,10?/m0/s1. The average Bonchev–Trinajstić information content (AvgIpc) is 2.17. The molecule has 0 aromatic rings. The molecule has 0 aliphatic carbocycles. The summed E-state index contributed by atoms with van der Waals surface area (Å²) in [5.41, 5.74) is 0. The molecule has 1 amide bonds. The van der Waals surface area contributed by atoms with Gasteiger partial charge in [-0.2, -0.15) is 0 Å². The van der Waals surface area contributed by atoms with Gasteiger partial charge in [0.2, 0.25) is 5.91 Å². The van der Waals surface area contributed by atoms with Crippen LogP contribution < -0.4 is 5.32 Å². The summed E-state index contributed by atoms with van der Waals surface area (Å²) < 4.78 is 30.7. The Morgan fingerprint density at radius 3 is 2.25 bits per heavy atom. The van der Waals surface area contributed by atoms with Crippen molar-refractivity contribution in [3.63, 3.8) is 0 Å². The molecule has 16 heavy (non-hydrogen) atoms. The van der Waals surface area contributed by atoms with Crippen LogP contribution in [0.15, 0.2) is 0 Å². The van der Waals surface area contributed by atoms with Gasteiger partial charge in [0.15, 0.2) is 0 Å². The summed E-state index contributed by atoms with van der Waals surface area (Å²) in [5, 5.41) is 2.76. The van der Waals surface area contributed by atoms with Gasteiger partial charge in [-0.05, 0) is 18.8 Å². The lowest BCUT2D eigenvalue weighted by Gasteiger charge is -2.43. The lowest BCUT2D eigenvalue weighted by atomic mass is 9.80. The number of hydrogen-bond acceptors (Lipinski definition) is 2. The Morgan fingerprint density at radius 2 is 1.81 bits per heavy atom. The van der Waals surface area contributed by atoms with E-state index in [4.69, 9.17) is 4.74 Å². The first-order valence-corrected chi connectivity index (χ1v) is 5.55. The van der Waals surface area contributed by atoms with Gasteiger partial charge in [0.25, 0.3) is 6.43 Å². The van der Waals surface area contributed by atoms with Crippen molar-refractivity contribution in [1.82, 2.24) is 5.32 Å². The molecule has 5 heteroatoms. The van der Waals surface area contributed by atoms with Crippen molar-refractivity contribution in [1.29, 1.82) is 0 Å². The van der Waals surface area contributed by atoms with E-state index in [1.54, 1.807) is 13.8 Å². The first kappa shape index (κ1) is 13.4. The Morgan fingerprint density at radius 1 is 1.25 bits per heavy atom. The molecular weight excluding hydrogens is 216 g/mol. The van der Waals surface area contributed by atoms with Gasteiger partial charge in [0.05, 0.1) is 12.1 Å². The molecule has 1 heterocycles. The van der Waals surface area contributed by atoms with Crippen molar-refractivity contribution in [3.8, 4) is 0 Å². The highest BCUT2D eigenvalue weighted by molar-refractivity contribution is 5.73. The minimum Gasteiger partial charge on any atom is -0.367 e. The van der Waals surface area contributed by atoms with Crippen LogP contribution in [0.4, 0.5) is 8.78 Å². The summed E-state index contributed by atoms with van der Waals surface area (Å²) in [5.74, 6) is -0.449. The molecule has 0 saturated carbocycles. The summed E-state index contributed by atoms with van der Waals surface area (Å²) in [6.45, 7) is 6.75. The van der Waals surface area contributed by atoms with Crippen molar-refractivity contribution in [3.05, 3.63) is 0 Å². The third-order valence-electron chi connectivity index (χ3n) is 3.41. The second-order valence-electron chi connectivity index (χ2n) is 4.58. The van der Waals surface area contributed by atoms with Crippen LogP contribution in [0.5, 0.6) is 0 Å². The normalized spacial score (nSPS) is 39.8. The van der Waals surface area contributed by atoms with Crippen LogP contribution in [-0.4, -0.2) is 30.6 Å². The van der Waals surface area contributed by atoms with Gasteiger partial charge < -0.3 is 10.1 Å². The number of rotatable bonds is 2. The zero-order chi connectivity index (χ0) is 12.5. The molecule has 0 bridgehead atoms. The lowest BCUT2D eigenvalue weighted by Crippen LogP contribution is -2.57. The van der Waals surface area contributed by atoms with E-state index in [0.29, 0.717) is 0 Å². The third kappa shape index (κ3) is 2.70. The zero-order valence-electron chi connectivity index (χ0n) is 10.0. The Kier molecular flexibility index (Phi) is 4.24. The van der Waals surface area contributed by atoms with Crippen molar-refractivity contribution in [2.45, 2.75) is 52.4 Å². The number of ether oxygens (including phenoxy) is 1. The molecule has 1 aliphatic rings. The predicted molar refractivity (Wildman–Crippen MR) is 56.3 cm³/mol. The maximum Gasteiger partial charge on any atom is 0.264 e. The first-order valence-electron chi connectivity index (χ1n) is 5.55. The number of halogens is 2. The molecular formula is C11H19F2NO2. The second kappa shape index (κ2) is 5.08. The van der Waals surface area contributed by atoms with Gasteiger partial charge >= 0.3 is 0 Å². The topological polar surface area (TPSA) is 38.3 Å². The summed E-state index contributed by atoms with van der Waals surface area (Å²) in [7, 11) is 0. The number of carbonyl (C=O) groups excluding carboxylic acids is 1. The molecule has 1 saturated heterocycles. The molecule has 1 aliphatic heterocycles. The predicted octanol–water partition coefficient (Wildman–Crippen LogP) is 1.82. The molecule has 1 fully saturated rings. The quantitative estimate of drug-likeness (QED) is 0.792. The van der Waals surface area contributed by atoms with Crippen LogP contribution in [0.2, 0.25) is 0 Å². The Bertz CT molecular complexity index is 260. The largest absolute Gasteiger partial charge is 0.367 e. The summed E-state index contributed by atoms with van der Waals surface area (Å²) in [6.07, 6.45) is -3.89. The van der Waals surface area contributed by atoms with E-state index in [1.165, 1.54) is 6.92 Å². The zero-order valence-corrected chi connectivity index (χ0v) is 10.0. The number of nitrogens with one attached hydrogen (secondary N) is 1. The summed E-state index contributed by atoms with van der Waals surface area (Å²) in [6, 6.07) is -0.192. The number of carbonyl (C=O) groups is 1. The fourth-order valence-electron chi connectivity index (χ4n) is 2.28. The Balaban J connectivity index is 2.75. The first-order chi connectivity index (χ1) is 7.34. The minimum absolute atomic E-state index is 0.0216. The smallest absolute Gasteiger partial charge is 0.264 e. The maximum absolute atomic E-state index is 12.7. The van der Waals surface area contributed by atoms with Crippen molar-refractivity contribution in [2.75, 3.05) is 0 Å². The van der Waals surface area contributed by atoms with Gasteiger partial charge in [0.1, 0.15) is 6.10 Å². The van der Waals surface area contributed by atoms with E-state index < -0.39 is 12.5 Å². The fraction of sp³-hybridized carbons (Fsp3) is 0.909. The molecule has 0 spiro atoms. The molecule has 1 N–H and O–H groups in total. The molecule has 5 atom stereocenters. The fourth-order valence-corrected chi connectivity index (χ4v) is 2.28. The van der Waals surface area contributed by atoms with E-state index >= 15 is 0 Å². The van der Waals surface area contributed by atoms with Crippen molar-refractivity contribution < 1.29 is 18.3 Å². The van der Waals surface area contributed by atoms with E-state index in [0.717, 1.165) is 0 Å². The van der Waals surface area contributed by atoms with E-state index in [-0.39, 0.29) is 29.9 Å². The highest BCUT2D eigenvalue weighted by Gasteiger charge is 2.43. The molecule has 94 valence electrons. The molecule has 1 rings (SSSR count). The van der Waals surface area contributed by atoms with E-state index in [9.17, 15) is 13.6 Å². The highest BCUT2D eigenvalue weighted by Crippen LogP contribution is 2.33. The third-order valence-corrected chi connectivity index (χ3v) is 3.41. The van der Waals surface area contributed by atoms with E-state index in [2.05, 4.69) is 5.32 Å². The summed E-state index contributed by atoms with van der Waals surface area (Å²) >= 11 is 0. The molecule has 0 aromatic heterocycles. The molecule has 3 nitrogen and oxygen atoms in total. The van der Waals surface area contributed by atoms with Crippen LogP contribution in [0.25, 0.3) is 0 Å². The Hall–Kier alpha value is -0.710. The number of alkyl halides is 2. The number of amides is 1. The summed E-state index contributed by atoms with van der Waals surface area (Å²) in [4.78, 5) is 11.0. The van der Waals surface area contributed by atoms with Crippen LogP contribution in [0.1, 0.15) is 27.7 Å². The Labute approximate surface area is 94.5 Å². The number of hydrogen-bond donors (Lipinski definition) is 1. The second-order valence-corrected chi connectivity index (χ2v) is 4.58. The van der Waals surface area contributed by atoms with Gasteiger partial charge in [-0.3, -0.25) is 4.79 Å².